The number of fused-ring (bicyclic) bond motifs is 6. The van der Waals surface area contributed by atoms with Crippen molar-refractivity contribution in [3.8, 4) is 45.0 Å². The van der Waals surface area contributed by atoms with Crippen LogP contribution in [-0.2, 0) is 0 Å². The van der Waals surface area contributed by atoms with Crippen LogP contribution in [0.3, 0.4) is 0 Å². The van der Waals surface area contributed by atoms with Gasteiger partial charge in [0.2, 0.25) is 0 Å². The SMILES string of the molecule is C1=CC(c2nc(-c3ccccc3)nc(-c3cccc4oc5ccccc5c34)n2)CC(c2cccc3oc4ccc(-c5cccc(-c6ccccc6)c5)cc4c23)=C1. The lowest BCUT2D eigenvalue weighted by molar-refractivity contribution is 0.668. The number of furan rings is 2. The molecule has 1 atom stereocenters. The van der Waals surface area contributed by atoms with Gasteiger partial charge in [0.05, 0.1) is 0 Å². The fraction of sp³-hybridized carbons (Fsp3) is 0.0392. The van der Waals surface area contributed by atoms with E-state index in [4.69, 9.17) is 23.8 Å². The van der Waals surface area contributed by atoms with E-state index in [-0.39, 0.29) is 5.92 Å². The van der Waals surface area contributed by atoms with Gasteiger partial charge >= 0.3 is 0 Å². The molecule has 1 unspecified atom stereocenters. The molecular weight excluding hydrogens is 687 g/mol. The third-order valence-corrected chi connectivity index (χ3v) is 10.9. The van der Waals surface area contributed by atoms with Crippen molar-refractivity contribution in [1.29, 1.82) is 0 Å². The highest BCUT2D eigenvalue weighted by Crippen LogP contribution is 2.42. The summed E-state index contributed by atoms with van der Waals surface area (Å²) in [5.41, 5.74) is 12.3. The molecule has 0 saturated heterocycles. The second kappa shape index (κ2) is 13.2. The maximum atomic E-state index is 6.48. The average Bonchev–Trinajstić information content (AvgIpc) is 3.85. The summed E-state index contributed by atoms with van der Waals surface area (Å²) >= 11 is 0. The topological polar surface area (TPSA) is 65.0 Å². The molecule has 56 heavy (non-hydrogen) atoms. The second-order valence-electron chi connectivity index (χ2n) is 14.3. The van der Waals surface area contributed by atoms with Crippen molar-refractivity contribution in [1.82, 2.24) is 15.0 Å². The molecule has 11 rings (SSSR count). The first-order valence-corrected chi connectivity index (χ1v) is 18.9. The molecular formula is C51H33N3O2. The molecule has 5 heteroatoms. The molecule has 3 aromatic heterocycles. The summed E-state index contributed by atoms with van der Waals surface area (Å²) < 4.78 is 12.7. The molecule has 5 nitrogen and oxygen atoms in total. The minimum absolute atomic E-state index is 0.0794. The molecule has 0 radical (unpaired) electrons. The van der Waals surface area contributed by atoms with E-state index in [0.29, 0.717) is 11.6 Å². The Kier molecular flexibility index (Phi) is 7.56. The van der Waals surface area contributed by atoms with Gasteiger partial charge in [0.15, 0.2) is 11.6 Å². The Bertz CT molecular complexity index is 3170. The maximum absolute atomic E-state index is 6.48. The van der Waals surface area contributed by atoms with E-state index in [1.54, 1.807) is 0 Å². The van der Waals surface area contributed by atoms with E-state index in [1.807, 2.05) is 48.5 Å². The fourth-order valence-electron chi connectivity index (χ4n) is 8.19. The van der Waals surface area contributed by atoms with Gasteiger partial charge in [-0.05, 0) is 76.2 Å². The summed E-state index contributed by atoms with van der Waals surface area (Å²) in [6, 6.07) is 56.5. The van der Waals surface area contributed by atoms with Crippen LogP contribution in [0.5, 0.6) is 0 Å². The molecule has 1 aliphatic rings. The number of aromatic nitrogens is 3. The van der Waals surface area contributed by atoms with E-state index in [1.165, 1.54) is 22.3 Å². The van der Waals surface area contributed by atoms with Gasteiger partial charge in [0.1, 0.15) is 28.2 Å². The molecule has 0 spiro atoms. The van der Waals surface area contributed by atoms with Gasteiger partial charge in [0.25, 0.3) is 0 Å². The van der Waals surface area contributed by atoms with E-state index in [0.717, 1.165) is 78.4 Å². The summed E-state index contributed by atoms with van der Waals surface area (Å²) in [5.74, 6) is 1.92. The van der Waals surface area contributed by atoms with Crippen LogP contribution in [0.1, 0.15) is 23.7 Å². The summed E-state index contributed by atoms with van der Waals surface area (Å²) in [6.07, 6.45) is 7.28. The zero-order chi connectivity index (χ0) is 37.0. The molecule has 0 aliphatic heterocycles. The second-order valence-corrected chi connectivity index (χ2v) is 14.3. The number of para-hydroxylation sites is 1. The van der Waals surface area contributed by atoms with Gasteiger partial charge in [0, 0.05) is 38.6 Å². The van der Waals surface area contributed by atoms with Crippen LogP contribution in [0.4, 0.5) is 0 Å². The van der Waals surface area contributed by atoms with Gasteiger partial charge in [-0.15, -0.1) is 0 Å². The normalized spacial score (nSPS) is 14.2. The maximum Gasteiger partial charge on any atom is 0.164 e. The van der Waals surface area contributed by atoms with Crippen LogP contribution in [0.25, 0.3) is 94.5 Å². The van der Waals surface area contributed by atoms with E-state index in [9.17, 15) is 0 Å². The summed E-state index contributed by atoms with van der Waals surface area (Å²) in [5, 5.41) is 4.25. The van der Waals surface area contributed by atoms with Crippen LogP contribution in [0.15, 0.2) is 191 Å². The molecule has 7 aromatic carbocycles. The number of allylic oxidation sites excluding steroid dienone is 4. The summed E-state index contributed by atoms with van der Waals surface area (Å²) in [7, 11) is 0. The Labute approximate surface area is 322 Å². The van der Waals surface area contributed by atoms with Crippen LogP contribution in [-0.4, -0.2) is 15.0 Å². The van der Waals surface area contributed by atoms with Crippen molar-refractivity contribution in [2.75, 3.05) is 0 Å². The largest absolute Gasteiger partial charge is 0.456 e. The van der Waals surface area contributed by atoms with Crippen LogP contribution in [0.2, 0.25) is 0 Å². The zero-order valence-corrected chi connectivity index (χ0v) is 30.3. The average molecular weight is 720 g/mol. The Hall–Kier alpha value is -7.37. The predicted molar refractivity (Wildman–Crippen MR) is 227 cm³/mol. The lowest BCUT2D eigenvalue weighted by Gasteiger charge is -2.19. The molecule has 0 bridgehead atoms. The first-order chi connectivity index (χ1) is 27.7. The first kappa shape index (κ1) is 32.1. The van der Waals surface area contributed by atoms with Gasteiger partial charge in [-0.25, -0.2) is 15.0 Å². The summed E-state index contributed by atoms with van der Waals surface area (Å²) in [6.45, 7) is 0. The van der Waals surface area contributed by atoms with Crippen molar-refractivity contribution >= 4 is 49.5 Å². The highest BCUT2D eigenvalue weighted by molar-refractivity contribution is 6.12. The van der Waals surface area contributed by atoms with Crippen molar-refractivity contribution in [3.05, 3.63) is 193 Å². The summed E-state index contributed by atoms with van der Waals surface area (Å²) in [4.78, 5) is 15.5. The molecule has 3 heterocycles. The van der Waals surface area contributed by atoms with Crippen LogP contribution >= 0.6 is 0 Å². The fourth-order valence-corrected chi connectivity index (χ4v) is 8.19. The monoisotopic (exact) mass is 719 g/mol. The smallest absolute Gasteiger partial charge is 0.164 e. The molecule has 0 fully saturated rings. The molecule has 1 aliphatic carbocycles. The zero-order valence-electron chi connectivity index (χ0n) is 30.3. The van der Waals surface area contributed by atoms with Crippen molar-refractivity contribution < 1.29 is 8.83 Å². The first-order valence-electron chi connectivity index (χ1n) is 18.9. The van der Waals surface area contributed by atoms with Gasteiger partial charge in [-0.1, -0.05) is 146 Å². The standard InChI is InChI=1S/C51H33N3O2/c1-3-13-32(14-4-1)34-17-9-18-35(29-34)36-27-28-44-42(31-36)47-39(22-11-25-45(47)56-44)37-19-10-20-38(30-37)50-52-49(33-15-5-2-6-16-33)53-51(54-50)41-23-12-26-46-48(41)40-21-7-8-24-43(40)55-46/h1-29,31,38H,30H2. The van der Waals surface area contributed by atoms with Gasteiger partial charge in [-0.2, -0.15) is 0 Å². The molecule has 264 valence electrons. The number of hydrogen-bond donors (Lipinski definition) is 0. The lowest BCUT2D eigenvalue weighted by atomic mass is 9.87. The Morgan fingerprint density at radius 3 is 1.82 bits per heavy atom. The Morgan fingerprint density at radius 1 is 0.429 bits per heavy atom. The number of hydrogen-bond acceptors (Lipinski definition) is 5. The van der Waals surface area contributed by atoms with Crippen LogP contribution in [0, 0.1) is 0 Å². The van der Waals surface area contributed by atoms with E-state index in [2.05, 4.69) is 133 Å². The highest BCUT2D eigenvalue weighted by atomic mass is 16.3. The lowest BCUT2D eigenvalue weighted by Crippen LogP contribution is -2.09. The molecule has 0 N–H and O–H groups in total. The number of rotatable bonds is 6. The third-order valence-electron chi connectivity index (χ3n) is 10.9. The number of benzene rings is 7. The number of nitrogens with zero attached hydrogens (tertiary/aromatic N) is 3. The minimum Gasteiger partial charge on any atom is -0.456 e. The van der Waals surface area contributed by atoms with Crippen molar-refractivity contribution in [2.24, 2.45) is 0 Å². The van der Waals surface area contributed by atoms with E-state index < -0.39 is 0 Å². The van der Waals surface area contributed by atoms with Crippen molar-refractivity contribution in [3.63, 3.8) is 0 Å². The quantitative estimate of drug-likeness (QED) is 0.171. The highest BCUT2D eigenvalue weighted by Gasteiger charge is 2.24. The Morgan fingerprint density at radius 2 is 1.02 bits per heavy atom. The molecule has 0 amide bonds. The van der Waals surface area contributed by atoms with Gasteiger partial charge in [-0.3, -0.25) is 0 Å². The van der Waals surface area contributed by atoms with Crippen LogP contribution < -0.4 is 0 Å². The van der Waals surface area contributed by atoms with Gasteiger partial charge < -0.3 is 8.83 Å². The molecule has 0 saturated carbocycles. The van der Waals surface area contributed by atoms with Crippen molar-refractivity contribution in [2.45, 2.75) is 12.3 Å². The molecule has 10 aromatic rings. The third kappa shape index (κ3) is 5.52. The van der Waals surface area contributed by atoms with E-state index >= 15 is 0 Å². The Balaban J connectivity index is 1.00. The minimum atomic E-state index is -0.0794. The predicted octanol–water partition coefficient (Wildman–Crippen LogP) is 13.5.